The molecule has 0 unspecified atom stereocenters. The molecule has 0 aliphatic carbocycles. The fourth-order valence-corrected chi connectivity index (χ4v) is 3.44. The van der Waals surface area contributed by atoms with Gasteiger partial charge in [0.15, 0.2) is 11.5 Å². The van der Waals surface area contributed by atoms with Gasteiger partial charge in [0.25, 0.3) is 0 Å². The summed E-state index contributed by atoms with van der Waals surface area (Å²) in [5.41, 5.74) is 1.93. The molecule has 1 aliphatic rings. The van der Waals surface area contributed by atoms with Crippen molar-refractivity contribution in [3.05, 3.63) is 52.5 Å². The molecule has 1 saturated heterocycles. The number of halogens is 1. The Morgan fingerprint density at radius 1 is 1.10 bits per heavy atom. The van der Waals surface area contributed by atoms with Crippen LogP contribution < -0.4 is 14.2 Å². The average molecular weight is 432 g/mol. The molecular weight excluding hydrogens is 406 g/mol. The summed E-state index contributed by atoms with van der Waals surface area (Å²) in [5.74, 6) is 0.645. The standard InChI is InChI=1S/C22H26ClN3O4/c1-16(27)30-22-20(28-2)12-17(13-21(22)29-3)14-24-26-10-8-25(9-11-26)15-18-6-4-5-7-19(18)23/h4-7,12-14H,8-11,15H2,1-3H3. The third-order valence-electron chi connectivity index (χ3n) is 4.80. The molecule has 1 heterocycles. The lowest BCUT2D eigenvalue weighted by Gasteiger charge is -2.33. The van der Waals surface area contributed by atoms with Gasteiger partial charge in [0.1, 0.15) is 0 Å². The minimum absolute atomic E-state index is 0.262. The third kappa shape index (κ3) is 5.64. The minimum atomic E-state index is -0.442. The Morgan fingerprint density at radius 2 is 1.73 bits per heavy atom. The molecule has 160 valence electrons. The molecule has 30 heavy (non-hydrogen) atoms. The summed E-state index contributed by atoms with van der Waals surface area (Å²) in [6.07, 6.45) is 1.76. The molecule has 1 aliphatic heterocycles. The second-order valence-corrected chi connectivity index (χ2v) is 7.32. The van der Waals surface area contributed by atoms with Gasteiger partial charge in [-0.2, -0.15) is 5.10 Å². The molecule has 0 aromatic heterocycles. The molecule has 0 bridgehead atoms. The van der Waals surface area contributed by atoms with Gasteiger partial charge in [-0.1, -0.05) is 29.8 Å². The van der Waals surface area contributed by atoms with Gasteiger partial charge >= 0.3 is 5.97 Å². The van der Waals surface area contributed by atoms with Crippen LogP contribution in [-0.4, -0.2) is 62.5 Å². The van der Waals surface area contributed by atoms with Crippen LogP contribution in [0.3, 0.4) is 0 Å². The van der Waals surface area contributed by atoms with E-state index in [0.717, 1.165) is 48.9 Å². The highest BCUT2D eigenvalue weighted by molar-refractivity contribution is 6.31. The first-order valence-electron chi connectivity index (χ1n) is 9.69. The van der Waals surface area contributed by atoms with Crippen molar-refractivity contribution in [1.29, 1.82) is 0 Å². The van der Waals surface area contributed by atoms with Crippen molar-refractivity contribution in [3.63, 3.8) is 0 Å². The summed E-state index contributed by atoms with van der Waals surface area (Å²) in [6, 6.07) is 11.5. The molecule has 0 N–H and O–H groups in total. The van der Waals surface area contributed by atoms with E-state index in [2.05, 4.69) is 16.1 Å². The highest BCUT2D eigenvalue weighted by atomic mass is 35.5. The van der Waals surface area contributed by atoms with E-state index in [1.165, 1.54) is 21.1 Å². The maximum atomic E-state index is 11.3. The Bertz CT molecular complexity index is 886. The van der Waals surface area contributed by atoms with Crippen LogP contribution in [0.15, 0.2) is 41.5 Å². The second-order valence-electron chi connectivity index (χ2n) is 6.91. The van der Waals surface area contributed by atoms with Crippen molar-refractivity contribution >= 4 is 23.8 Å². The number of benzene rings is 2. The van der Waals surface area contributed by atoms with Crippen LogP contribution in [0.1, 0.15) is 18.1 Å². The lowest BCUT2D eigenvalue weighted by Crippen LogP contribution is -2.43. The van der Waals surface area contributed by atoms with Crippen molar-refractivity contribution in [1.82, 2.24) is 9.91 Å². The number of hydrogen-bond acceptors (Lipinski definition) is 7. The molecule has 0 amide bonds. The first-order valence-corrected chi connectivity index (χ1v) is 10.1. The molecule has 2 aromatic carbocycles. The van der Waals surface area contributed by atoms with Gasteiger partial charge in [-0.25, -0.2) is 0 Å². The number of ether oxygens (including phenoxy) is 3. The second kappa shape index (κ2) is 10.3. The van der Waals surface area contributed by atoms with Crippen LogP contribution in [0.25, 0.3) is 0 Å². The van der Waals surface area contributed by atoms with E-state index >= 15 is 0 Å². The Balaban J connectivity index is 1.62. The Hall–Kier alpha value is -2.77. The number of hydrogen-bond donors (Lipinski definition) is 0. The van der Waals surface area contributed by atoms with Gasteiger partial charge in [0.2, 0.25) is 5.75 Å². The largest absolute Gasteiger partial charge is 0.493 e. The lowest BCUT2D eigenvalue weighted by molar-refractivity contribution is -0.132. The Kier molecular flexibility index (Phi) is 7.54. The van der Waals surface area contributed by atoms with Gasteiger partial charge in [0.05, 0.1) is 20.4 Å². The molecule has 2 aromatic rings. The predicted molar refractivity (Wildman–Crippen MR) is 117 cm³/mol. The van der Waals surface area contributed by atoms with E-state index in [1.54, 1.807) is 18.3 Å². The molecule has 0 radical (unpaired) electrons. The smallest absolute Gasteiger partial charge is 0.308 e. The van der Waals surface area contributed by atoms with Crippen molar-refractivity contribution in [2.45, 2.75) is 13.5 Å². The number of nitrogens with zero attached hydrogens (tertiary/aromatic N) is 3. The van der Waals surface area contributed by atoms with Gasteiger partial charge < -0.3 is 14.2 Å². The zero-order chi connectivity index (χ0) is 21.5. The average Bonchev–Trinajstić information content (AvgIpc) is 2.75. The molecule has 7 nitrogen and oxygen atoms in total. The molecule has 8 heteroatoms. The van der Waals surface area contributed by atoms with Crippen molar-refractivity contribution in [3.8, 4) is 17.2 Å². The third-order valence-corrected chi connectivity index (χ3v) is 5.17. The SMILES string of the molecule is COc1cc(C=NN2CCN(Cc3ccccc3Cl)CC2)cc(OC)c1OC(C)=O. The highest BCUT2D eigenvalue weighted by Crippen LogP contribution is 2.38. The van der Waals surface area contributed by atoms with E-state index < -0.39 is 5.97 Å². The summed E-state index contributed by atoms with van der Waals surface area (Å²) in [5, 5.41) is 7.42. The minimum Gasteiger partial charge on any atom is -0.493 e. The lowest BCUT2D eigenvalue weighted by atomic mass is 10.2. The number of carbonyl (C=O) groups is 1. The predicted octanol–water partition coefficient (Wildman–Crippen LogP) is 3.43. The Morgan fingerprint density at radius 3 is 2.30 bits per heavy atom. The normalized spacial score (nSPS) is 14.7. The van der Waals surface area contributed by atoms with Crippen LogP contribution in [0, 0.1) is 0 Å². The van der Waals surface area contributed by atoms with E-state index in [-0.39, 0.29) is 5.75 Å². The van der Waals surface area contributed by atoms with E-state index in [0.29, 0.717) is 11.5 Å². The molecule has 0 spiro atoms. The van der Waals surface area contributed by atoms with E-state index in [1.807, 2.05) is 23.2 Å². The summed E-state index contributed by atoms with van der Waals surface area (Å²) in [4.78, 5) is 13.7. The summed E-state index contributed by atoms with van der Waals surface area (Å²) in [7, 11) is 3.03. The molecule has 3 rings (SSSR count). The van der Waals surface area contributed by atoms with Crippen LogP contribution in [0.2, 0.25) is 5.02 Å². The highest BCUT2D eigenvalue weighted by Gasteiger charge is 2.18. The maximum absolute atomic E-state index is 11.3. The molecule has 0 atom stereocenters. The van der Waals surface area contributed by atoms with E-state index in [9.17, 15) is 4.79 Å². The summed E-state index contributed by atoms with van der Waals surface area (Å²) in [6.45, 7) is 5.62. The molecule has 0 saturated carbocycles. The number of carbonyl (C=O) groups excluding carboxylic acids is 1. The number of piperazine rings is 1. The van der Waals surface area contributed by atoms with Crippen molar-refractivity contribution in [2.24, 2.45) is 5.10 Å². The number of rotatable bonds is 7. The number of esters is 1. The zero-order valence-electron chi connectivity index (χ0n) is 17.4. The van der Waals surface area contributed by atoms with Gasteiger partial charge in [-0.05, 0) is 23.8 Å². The Labute approximate surface area is 181 Å². The first kappa shape index (κ1) is 21.9. The fourth-order valence-electron chi connectivity index (χ4n) is 3.25. The maximum Gasteiger partial charge on any atom is 0.308 e. The van der Waals surface area contributed by atoms with E-state index in [4.69, 9.17) is 25.8 Å². The summed E-state index contributed by atoms with van der Waals surface area (Å²) >= 11 is 6.27. The van der Waals surface area contributed by atoms with Crippen LogP contribution in [-0.2, 0) is 11.3 Å². The van der Waals surface area contributed by atoms with Gasteiger partial charge in [-0.15, -0.1) is 0 Å². The number of methoxy groups -OCH3 is 2. The molecular formula is C22H26ClN3O4. The number of hydrazone groups is 1. The monoisotopic (exact) mass is 431 g/mol. The fraction of sp³-hybridized carbons (Fsp3) is 0.364. The topological polar surface area (TPSA) is 63.6 Å². The van der Waals surface area contributed by atoms with Crippen LogP contribution >= 0.6 is 11.6 Å². The van der Waals surface area contributed by atoms with Gasteiger partial charge in [-0.3, -0.25) is 14.7 Å². The molecule has 1 fully saturated rings. The van der Waals surface area contributed by atoms with Crippen LogP contribution in [0.4, 0.5) is 0 Å². The summed E-state index contributed by atoms with van der Waals surface area (Å²) < 4.78 is 15.9. The van der Waals surface area contributed by atoms with Gasteiger partial charge in [0, 0.05) is 50.2 Å². The zero-order valence-corrected chi connectivity index (χ0v) is 18.2. The van der Waals surface area contributed by atoms with Crippen molar-refractivity contribution < 1.29 is 19.0 Å². The van der Waals surface area contributed by atoms with Crippen molar-refractivity contribution in [2.75, 3.05) is 40.4 Å². The van der Waals surface area contributed by atoms with Crippen LogP contribution in [0.5, 0.6) is 17.2 Å². The quantitative estimate of drug-likeness (QED) is 0.380. The first-order chi connectivity index (χ1) is 14.5.